The van der Waals surface area contributed by atoms with E-state index in [0.717, 1.165) is 11.7 Å². The van der Waals surface area contributed by atoms with Gasteiger partial charge in [0.2, 0.25) is 0 Å². The highest BCUT2D eigenvalue weighted by Crippen LogP contribution is 2.41. The molecule has 0 bridgehead atoms. The van der Waals surface area contributed by atoms with Crippen LogP contribution in [0.3, 0.4) is 0 Å². The molecule has 0 fully saturated rings. The fourth-order valence-electron chi connectivity index (χ4n) is 0.877. The molecule has 0 aliphatic heterocycles. The zero-order chi connectivity index (χ0) is 9.59. The van der Waals surface area contributed by atoms with E-state index in [9.17, 15) is 0 Å². The van der Waals surface area contributed by atoms with E-state index in [1.54, 1.807) is 0 Å². The molecule has 0 atom stereocenters. The highest BCUT2D eigenvalue weighted by atomic mass is 35.5. The summed E-state index contributed by atoms with van der Waals surface area (Å²) in [6.07, 6.45) is 0. The van der Waals surface area contributed by atoms with Gasteiger partial charge in [-0.15, -0.1) is 0 Å². The average molecular weight is 274 g/mol. The number of fused-ring (bicyclic) bond motifs is 1. The molecule has 1 aromatic carbocycles. The molecule has 0 saturated heterocycles. The molecule has 1 heterocycles. The van der Waals surface area contributed by atoms with Crippen molar-refractivity contribution < 1.29 is 0 Å². The van der Waals surface area contributed by atoms with Gasteiger partial charge in [0, 0.05) is 0 Å². The van der Waals surface area contributed by atoms with Crippen LogP contribution in [0.25, 0.3) is 11.0 Å². The third kappa shape index (κ3) is 1.39. The van der Waals surface area contributed by atoms with Gasteiger partial charge in [0.25, 0.3) is 0 Å². The molecule has 0 amide bonds. The van der Waals surface area contributed by atoms with E-state index in [-0.39, 0.29) is 10.0 Å². The summed E-state index contributed by atoms with van der Waals surface area (Å²) in [5, 5.41) is 1.02. The molecule has 7 heteroatoms. The van der Waals surface area contributed by atoms with Gasteiger partial charge in [-0.1, -0.05) is 46.4 Å². The predicted molar refractivity (Wildman–Crippen MR) is 57.5 cm³/mol. The van der Waals surface area contributed by atoms with Crippen molar-refractivity contribution in [1.29, 1.82) is 0 Å². The van der Waals surface area contributed by atoms with Gasteiger partial charge >= 0.3 is 0 Å². The van der Waals surface area contributed by atoms with Gasteiger partial charge in [-0.2, -0.15) is 8.75 Å². The Bertz CT molecular complexity index is 439. The minimum Gasteiger partial charge on any atom is -0.171 e. The first-order valence-corrected chi connectivity index (χ1v) is 5.31. The summed E-state index contributed by atoms with van der Waals surface area (Å²) < 4.78 is 7.90. The van der Waals surface area contributed by atoms with Crippen LogP contribution in [-0.2, 0) is 0 Å². The lowest BCUT2D eigenvalue weighted by Gasteiger charge is -2.01. The van der Waals surface area contributed by atoms with Crippen LogP contribution in [0, 0.1) is 0 Å². The number of hydrogen-bond donors (Lipinski definition) is 0. The Balaban J connectivity index is 3.02. The maximum Gasteiger partial charge on any atom is 0.126 e. The molecular weight excluding hydrogens is 274 g/mol. The first-order chi connectivity index (χ1) is 6.13. The number of hydrogen-bond acceptors (Lipinski definition) is 3. The second-order valence-corrected chi connectivity index (χ2v) is 4.26. The van der Waals surface area contributed by atoms with Crippen LogP contribution in [0.2, 0.25) is 20.1 Å². The summed E-state index contributed by atoms with van der Waals surface area (Å²) in [6, 6.07) is 0. The summed E-state index contributed by atoms with van der Waals surface area (Å²) in [5.41, 5.74) is 0.983. The maximum atomic E-state index is 5.87. The van der Waals surface area contributed by atoms with Crippen molar-refractivity contribution in [2.24, 2.45) is 0 Å². The number of halogens is 4. The highest BCUT2D eigenvalue weighted by Gasteiger charge is 2.17. The van der Waals surface area contributed by atoms with Crippen molar-refractivity contribution in [3.05, 3.63) is 20.1 Å². The molecule has 1 aromatic heterocycles. The fraction of sp³-hybridized carbons (Fsp3) is 0. The Morgan fingerprint density at radius 2 is 1.08 bits per heavy atom. The minimum absolute atomic E-state index is 0.216. The normalized spacial score (nSPS) is 11.1. The third-order valence-electron chi connectivity index (χ3n) is 1.48. The Morgan fingerprint density at radius 3 is 1.46 bits per heavy atom. The lowest BCUT2D eigenvalue weighted by Crippen LogP contribution is -1.79. The molecule has 0 saturated carbocycles. The minimum atomic E-state index is 0.216. The van der Waals surface area contributed by atoms with Crippen LogP contribution in [0.4, 0.5) is 0 Å². The van der Waals surface area contributed by atoms with E-state index in [0.29, 0.717) is 21.1 Å². The van der Waals surface area contributed by atoms with E-state index in [1.807, 2.05) is 0 Å². The number of rotatable bonds is 0. The van der Waals surface area contributed by atoms with Crippen molar-refractivity contribution in [2.75, 3.05) is 0 Å². The highest BCUT2D eigenvalue weighted by molar-refractivity contribution is 7.00. The van der Waals surface area contributed by atoms with Crippen LogP contribution in [0.1, 0.15) is 0 Å². The summed E-state index contributed by atoms with van der Waals surface area (Å²) in [5.74, 6) is 0. The number of aromatic nitrogens is 2. The van der Waals surface area contributed by atoms with E-state index in [2.05, 4.69) is 8.75 Å². The summed E-state index contributed by atoms with van der Waals surface area (Å²) in [4.78, 5) is 0. The van der Waals surface area contributed by atoms with Crippen LogP contribution in [0.15, 0.2) is 0 Å². The molecule has 0 N–H and O–H groups in total. The monoisotopic (exact) mass is 272 g/mol. The SMILES string of the molecule is Clc1c(Cl)c(Cl)c2nsnc2c1Cl. The van der Waals surface area contributed by atoms with Gasteiger partial charge in [-0.25, -0.2) is 0 Å². The first-order valence-electron chi connectivity index (χ1n) is 3.07. The molecule has 2 aromatic rings. The van der Waals surface area contributed by atoms with E-state index < -0.39 is 0 Å². The topological polar surface area (TPSA) is 25.8 Å². The van der Waals surface area contributed by atoms with Gasteiger partial charge in [-0.3, -0.25) is 0 Å². The standard InChI is InChI=1S/C6Cl4N2S/c7-1-2(8)4(10)6-5(3(1)9)11-13-12-6. The van der Waals surface area contributed by atoms with Gasteiger partial charge in [0.05, 0.1) is 31.8 Å². The maximum absolute atomic E-state index is 5.87. The van der Waals surface area contributed by atoms with Crippen molar-refractivity contribution in [3.8, 4) is 0 Å². The molecule has 2 nitrogen and oxygen atoms in total. The van der Waals surface area contributed by atoms with Crippen molar-refractivity contribution in [1.82, 2.24) is 8.75 Å². The lowest BCUT2D eigenvalue weighted by atomic mass is 10.3. The molecule has 0 radical (unpaired) electrons. The summed E-state index contributed by atoms with van der Waals surface area (Å²) in [7, 11) is 0. The van der Waals surface area contributed by atoms with Gasteiger partial charge < -0.3 is 0 Å². The second-order valence-electron chi connectivity index (χ2n) is 2.22. The van der Waals surface area contributed by atoms with Crippen molar-refractivity contribution in [2.45, 2.75) is 0 Å². The molecule has 0 spiro atoms. The summed E-state index contributed by atoms with van der Waals surface area (Å²) in [6.45, 7) is 0. The summed E-state index contributed by atoms with van der Waals surface area (Å²) >= 11 is 24.4. The predicted octanol–water partition coefficient (Wildman–Crippen LogP) is 4.30. The smallest absolute Gasteiger partial charge is 0.126 e. The largest absolute Gasteiger partial charge is 0.171 e. The Kier molecular flexibility index (Phi) is 2.55. The van der Waals surface area contributed by atoms with E-state index >= 15 is 0 Å². The molecule has 0 unspecified atom stereocenters. The second kappa shape index (κ2) is 3.41. The zero-order valence-corrected chi connectivity index (χ0v) is 9.65. The first kappa shape index (κ1) is 9.74. The molecule has 0 aliphatic rings. The number of nitrogens with zero attached hydrogens (tertiary/aromatic N) is 2. The van der Waals surface area contributed by atoms with Gasteiger partial charge in [-0.05, 0) is 0 Å². The molecular formula is C6Cl4N2S. The van der Waals surface area contributed by atoms with Crippen LogP contribution in [0.5, 0.6) is 0 Å². The Labute approximate surface area is 97.7 Å². The molecule has 13 heavy (non-hydrogen) atoms. The van der Waals surface area contributed by atoms with E-state index in [1.165, 1.54) is 0 Å². The molecule has 2 rings (SSSR count). The van der Waals surface area contributed by atoms with Crippen molar-refractivity contribution in [3.63, 3.8) is 0 Å². The fourth-order valence-corrected chi connectivity index (χ4v) is 2.45. The number of benzene rings is 1. The Hall–Kier alpha value is 0.200. The zero-order valence-electron chi connectivity index (χ0n) is 5.81. The Morgan fingerprint density at radius 1 is 0.692 bits per heavy atom. The quantitative estimate of drug-likeness (QED) is 0.528. The van der Waals surface area contributed by atoms with E-state index in [4.69, 9.17) is 46.4 Å². The third-order valence-corrected chi connectivity index (χ3v) is 3.79. The molecule has 68 valence electrons. The van der Waals surface area contributed by atoms with Crippen LogP contribution < -0.4 is 0 Å². The van der Waals surface area contributed by atoms with Crippen molar-refractivity contribution >= 4 is 69.2 Å². The average Bonchev–Trinajstić information content (AvgIpc) is 2.59. The van der Waals surface area contributed by atoms with Gasteiger partial charge in [0.15, 0.2) is 0 Å². The van der Waals surface area contributed by atoms with Crippen LogP contribution in [-0.4, -0.2) is 8.75 Å². The molecule has 0 aliphatic carbocycles. The lowest BCUT2D eigenvalue weighted by molar-refractivity contribution is 1.64. The van der Waals surface area contributed by atoms with Gasteiger partial charge in [0.1, 0.15) is 11.0 Å². The van der Waals surface area contributed by atoms with Crippen LogP contribution >= 0.6 is 58.1 Å².